The second-order valence-corrected chi connectivity index (χ2v) is 4.55. The zero-order valence-corrected chi connectivity index (χ0v) is 10.4. The van der Waals surface area contributed by atoms with Gasteiger partial charge in [0.1, 0.15) is 5.69 Å². The highest BCUT2D eigenvalue weighted by molar-refractivity contribution is 7.17. The van der Waals surface area contributed by atoms with Crippen LogP contribution in [0.3, 0.4) is 0 Å². The zero-order valence-electron chi connectivity index (χ0n) is 9.56. The third kappa shape index (κ3) is 2.45. The summed E-state index contributed by atoms with van der Waals surface area (Å²) in [6.07, 6.45) is 0.875. The number of amides is 1. The smallest absolute Gasteiger partial charge is 0.269 e. The minimum absolute atomic E-state index is 0.0624. The summed E-state index contributed by atoms with van der Waals surface area (Å²) in [4.78, 5) is 16.1. The van der Waals surface area contributed by atoms with Crippen molar-refractivity contribution >= 4 is 27.5 Å². The van der Waals surface area contributed by atoms with Crippen LogP contribution in [0.25, 0.3) is 10.2 Å². The van der Waals surface area contributed by atoms with E-state index in [9.17, 15) is 4.79 Å². The molecule has 90 valence electrons. The summed E-state index contributed by atoms with van der Waals surface area (Å²) in [6, 6.07) is 3.74. The average molecular weight is 250 g/mol. The van der Waals surface area contributed by atoms with E-state index in [0.717, 1.165) is 22.2 Å². The summed E-state index contributed by atoms with van der Waals surface area (Å²) in [7, 11) is 0. The van der Waals surface area contributed by atoms with Crippen LogP contribution in [0.1, 0.15) is 23.0 Å². The number of pyridine rings is 1. The Bertz CT molecular complexity index is 536. The lowest BCUT2D eigenvalue weighted by molar-refractivity contribution is 0.0940. The number of rotatable bonds is 4. The molecule has 0 fully saturated rings. The van der Waals surface area contributed by atoms with Gasteiger partial charge in [-0.3, -0.25) is 4.79 Å². The van der Waals surface area contributed by atoms with Crippen molar-refractivity contribution in [2.24, 2.45) is 0 Å². The summed E-state index contributed by atoms with van der Waals surface area (Å²) >= 11 is 1.64. The molecule has 2 aromatic rings. The Morgan fingerprint density at radius 3 is 3.12 bits per heavy atom. The Labute approximate surface area is 103 Å². The van der Waals surface area contributed by atoms with Gasteiger partial charge in [0.15, 0.2) is 0 Å². The maximum Gasteiger partial charge on any atom is 0.269 e. The van der Waals surface area contributed by atoms with Crippen molar-refractivity contribution in [3.8, 4) is 0 Å². The number of nitrogens with zero attached hydrogens (tertiary/aromatic N) is 1. The predicted molar refractivity (Wildman–Crippen MR) is 68.4 cm³/mol. The van der Waals surface area contributed by atoms with Gasteiger partial charge >= 0.3 is 0 Å². The first-order chi connectivity index (χ1) is 8.26. The monoisotopic (exact) mass is 250 g/mol. The van der Waals surface area contributed by atoms with Crippen molar-refractivity contribution in [2.75, 3.05) is 13.2 Å². The molecule has 0 aliphatic rings. The fourth-order valence-corrected chi connectivity index (χ4v) is 2.58. The van der Waals surface area contributed by atoms with Gasteiger partial charge < -0.3 is 10.4 Å². The molecule has 2 rings (SSSR count). The van der Waals surface area contributed by atoms with Crippen LogP contribution in [-0.4, -0.2) is 29.1 Å². The van der Waals surface area contributed by atoms with Crippen LogP contribution in [0.4, 0.5) is 0 Å². The maximum absolute atomic E-state index is 11.8. The van der Waals surface area contributed by atoms with E-state index in [4.69, 9.17) is 5.11 Å². The summed E-state index contributed by atoms with van der Waals surface area (Å²) in [5, 5.41) is 13.3. The molecular formula is C12H14N2O2S. The quantitative estimate of drug-likeness (QED) is 0.866. The topological polar surface area (TPSA) is 62.2 Å². The van der Waals surface area contributed by atoms with Crippen LogP contribution in [-0.2, 0) is 6.42 Å². The number of aromatic nitrogens is 1. The SMILES string of the molecule is CCc1cc(C(=O)NCCO)nc2ccsc12. The van der Waals surface area contributed by atoms with E-state index in [1.807, 2.05) is 17.5 Å². The van der Waals surface area contributed by atoms with Crippen molar-refractivity contribution in [1.29, 1.82) is 0 Å². The Morgan fingerprint density at radius 1 is 1.59 bits per heavy atom. The number of hydrogen-bond acceptors (Lipinski definition) is 4. The highest BCUT2D eigenvalue weighted by Crippen LogP contribution is 2.24. The molecule has 0 spiro atoms. The standard InChI is InChI=1S/C12H14N2O2S/c1-2-8-7-10(12(16)13-4-5-15)14-9-3-6-17-11(8)9/h3,6-7,15H,2,4-5H2,1H3,(H,13,16). The largest absolute Gasteiger partial charge is 0.395 e. The van der Waals surface area contributed by atoms with Gasteiger partial charge in [0.2, 0.25) is 0 Å². The molecule has 0 aromatic carbocycles. The lowest BCUT2D eigenvalue weighted by Gasteiger charge is -2.05. The van der Waals surface area contributed by atoms with Gasteiger partial charge in [-0.05, 0) is 29.5 Å². The van der Waals surface area contributed by atoms with E-state index < -0.39 is 0 Å². The molecule has 2 heterocycles. The van der Waals surface area contributed by atoms with E-state index in [-0.39, 0.29) is 19.1 Å². The highest BCUT2D eigenvalue weighted by Gasteiger charge is 2.11. The zero-order chi connectivity index (χ0) is 12.3. The number of aryl methyl sites for hydroxylation is 1. The van der Waals surface area contributed by atoms with Gasteiger partial charge in [-0.25, -0.2) is 4.98 Å². The predicted octanol–water partition coefficient (Wildman–Crippen LogP) is 1.58. The first-order valence-electron chi connectivity index (χ1n) is 5.52. The van der Waals surface area contributed by atoms with Crippen molar-refractivity contribution in [3.63, 3.8) is 0 Å². The molecule has 17 heavy (non-hydrogen) atoms. The molecule has 0 saturated heterocycles. The third-order valence-corrected chi connectivity index (χ3v) is 3.48. The number of hydrogen-bond donors (Lipinski definition) is 2. The van der Waals surface area contributed by atoms with E-state index in [2.05, 4.69) is 17.2 Å². The first kappa shape index (κ1) is 12.0. The number of nitrogens with one attached hydrogen (secondary N) is 1. The molecule has 2 aromatic heterocycles. The number of thiophene rings is 1. The van der Waals surface area contributed by atoms with Crippen LogP contribution in [0.5, 0.6) is 0 Å². The van der Waals surface area contributed by atoms with Crippen LogP contribution in [0.15, 0.2) is 17.5 Å². The van der Waals surface area contributed by atoms with Crippen LogP contribution in [0, 0.1) is 0 Å². The molecule has 0 aliphatic heterocycles. The normalized spacial score (nSPS) is 10.7. The number of aliphatic hydroxyl groups excluding tert-OH is 1. The van der Waals surface area contributed by atoms with Crippen LogP contribution < -0.4 is 5.32 Å². The minimum atomic E-state index is -0.234. The lowest BCUT2D eigenvalue weighted by atomic mass is 10.1. The second-order valence-electron chi connectivity index (χ2n) is 3.63. The fraction of sp³-hybridized carbons (Fsp3) is 0.333. The molecule has 0 saturated carbocycles. The maximum atomic E-state index is 11.8. The Kier molecular flexibility index (Phi) is 3.71. The molecule has 1 amide bonds. The molecule has 0 unspecified atom stereocenters. The number of fused-ring (bicyclic) bond motifs is 1. The van der Waals surface area contributed by atoms with Crippen molar-refractivity contribution in [3.05, 3.63) is 28.8 Å². The van der Waals surface area contributed by atoms with Crippen LogP contribution >= 0.6 is 11.3 Å². The van der Waals surface area contributed by atoms with Gasteiger partial charge in [-0.1, -0.05) is 6.92 Å². The summed E-state index contributed by atoms with van der Waals surface area (Å²) < 4.78 is 1.14. The van der Waals surface area contributed by atoms with Crippen molar-refractivity contribution in [2.45, 2.75) is 13.3 Å². The van der Waals surface area contributed by atoms with Crippen molar-refractivity contribution < 1.29 is 9.90 Å². The van der Waals surface area contributed by atoms with Gasteiger partial charge in [-0.2, -0.15) is 0 Å². The van der Waals surface area contributed by atoms with Gasteiger partial charge in [0.25, 0.3) is 5.91 Å². The molecule has 2 N–H and O–H groups in total. The lowest BCUT2D eigenvalue weighted by Crippen LogP contribution is -2.27. The van der Waals surface area contributed by atoms with E-state index in [1.54, 1.807) is 11.3 Å². The molecule has 0 bridgehead atoms. The molecular weight excluding hydrogens is 236 g/mol. The van der Waals surface area contributed by atoms with Crippen LogP contribution in [0.2, 0.25) is 0 Å². The Hall–Kier alpha value is -1.46. The minimum Gasteiger partial charge on any atom is -0.395 e. The number of aliphatic hydroxyl groups is 1. The molecule has 0 aliphatic carbocycles. The van der Waals surface area contributed by atoms with Gasteiger partial charge in [-0.15, -0.1) is 11.3 Å². The van der Waals surface area contributed by atoms with E-state index in [0.29, 0.717) is 5.69 Å². The van der Waals surface area contributed by atoms with E-state index >= 15 is 0 Å². The highest BCUT2D eigenvalue weighted by atomic mass is 32.1. The third-order valence-electron chi connectivity index (χ3n) is 2.50. The molecule has 0 radical (unpaired) electrons. The van der Waals surface area contributed by atoms with Gasteiger partial charge in [0.05, 0.1) is 16.8 Å². The van der Waals surface area contributed by atoms with E-state index in [1.165, 1.54) is 0 Å². The Balaban J connectivity index is 2.37. The molecule has 0 atom stereocenters. The Morgan fingerprint density at radius 2 is 2.41 bits per heavy atom. The molecule has 4 nitrogen and oxygen atoms in total. The average Bonchev–Trinajstić information content (AvgIpc) is 2.82. The molecule has 5 heteroatoms. The number of carbonyl (C=O) groups is 1. The summed E-state index contributed by atoms with van der Waals surface area (Å²) in [5.74, 6) is -0.234. The number of carbonyl (C=O) groups excluding carboxylic acids is 1. The fourth-order valence-electron chi connectivity index (χ4n) is 1.66. The van der Waals surface area contributed by atoms with Gasteiger partial charge in [0, 0.05) is 6.54 Å². The summed E-state index contributed by atoms with van der Waals surface area (Å²) in [6.45, 7) is 2.25. The second kappa shape index (κ2) is 5.25. The summed E-state index contributed by atoms with van der Waals surface area (Å²) in [5.41, 5.74) is 2.42. The van der Waals surface area contributed by atoms with Crippen molar-refractivity contribution in [1.82, 2.24) is 10.3 Å². The first-order valence-corrected chi connectivity index (χ1v) is 6.40.